The molecule has 170 valence electrons. The lowest BCUT2D eigenvalue weighted by Gasteiger charge is -2.26. The highest BCUT2D eigenvalue weighted by Gasteiger charge is 2.30. The van der Waals surface area contributed by atoms with Crippen molar-refractivity contribution in [2.75, 3.05) is 0 Å². The van der Waals surface area contributed by atoms with E-state index in [0.29, 0.717) is 18.5 Å². The van der Waals surface area contributed by atoms with E-state index in [1.807, 2.05) is 13.0 Å². The summed E-state index contributed by atoms with van der Waals surface area (Å²) in [5, 5.41) is 22.0. The fourth-order valence-electron chi connectivity index (χ4n) is 3.35. The van der Waals surface area contributed by atoms with Crippen LogP contribution in [-0.4, -0.2) is 21.6 Å². The number of carboxylic acids is 1. The molecule has 0 spiro atoms. The van der Waals surface area contributed by atoms with Gasteiger partial charge in [-0.1, -0.05) is 52.0 Å². The number of aryl methyl sites for hydroxylation is 3. The van der Waals surface area contributed by atoms with Gasteiger partial charge in [-0.2, -0.15) is 5.26 Å². The highest BCUT2D eigenvalue weighted by Crippen LogP contribution is 2.24. The largest absolute Gasteiger partial charge is 0.480 e. The van der Waals surface area contributed by atoms with Crippen LogP contribution in [0.1, 0.15) is 74.4 Å². The SMILES string of the molecule is CCC(C)(NCc1cc(C)c(/C=C/C(C)(C)C)cc1CCc1cncc(C#N)c1)C(=O)O. The maximum atomic E-state index is 11.7. The summed E-state index contributed by atoms with van der Waals surface area (Å²) in [5.41, 5.74) is 5.28. The summed E-state index contributed by atoms with van der Waals surface area (Å²) >= 11 is 0. The third kappa shape index (κ3) is 7.03. The Hall–Kier alpha value is -2.97. The average molecular weight is 434 g/mol. The first-order chi connectivity index (χ1) is 15.0. The van der Waals surface area contributed by atoms with E-state index in [2.05, 4.69) is 68.3 Å². The van der Waals surface area contributed by atoms with E-state index < -0.39 is 11.5 Å². The van der Waals surface area contributed by atoms with Gasteiger partial charge in [0, 0.05) is 18.9 Å². The summed E-state index contributed by atoms with van der Waals surface area (Å²) in [6, 6.07) is 8.38. The quantitative estimate of drug-likeness (QED) is 0.549. The van der Waals surface area contributed by atoms with Crippen molar-refractivity contribution in [2.45, 2.75) is 72.9 Å². The van der Waals surface area contributed by atoms with Crippen molar-refractivity contribution >= 4 is 12.0 Å². The Morgan fingerprint density at radius 2 is 1.88 bits per heavy atom. The molecule has 5 nitrogen and oxygen atoms in total. The lowest BCUT2D eigenvalue weighted by atomic mass is 9.91. The molecule has 0 saturated carbocycles. The van der Waals surface area contributed by atoms with Gasteiger partial charge in [0.2, 0.25) is 0 Å². The predicted octanol–water partition coefficient (Wildman–Crippen LogP) is 5.45. The summed E-state index contributed by atoms with van der Waals surface area (Å²) < 4.78 is 0. The fraction of sp³-hybridized carbons (Fsp3) is 0.444. The van der Waals surface area contributed by atoms with Gasteiger partial charge in [0.1, 0.15) is 11.6 Å². The minimum Gasteiger partial charge on any atom is -0.480 e. The number of aromatic nitrogens is 1. The van der Waals surface area contributed by atoms with Gasteiger partial charge in [0.25, 0.3) is 0 Å². The van der Waals surface area contributed by atoms with Crippen molar-refractivity contribution in [3.05, 3.63) is 70.0 Å². The third-order valence-corrected chi connectivity index (χ3v) is 5.81. The molecular weight excluding hydrogens is 398 g/mol. The smallest absolute Gasteiger partial charge is 0.323 e. The van der Waals surface area contributed by atoms with E-state index in [1.165, 1.54) is 11.1 Å². The maximum Gasteiger partial charge on any atom is 0.323 e. The van der Waals surface area contributed by atoms with Crippen LogP contribution in [0.2, 0.25) is 0 Å². The van der Waals surface area contributed by atoms with Gasteiger partial charge < -0.3 is 5.11 Å². The van der Waals surface area contributed by atoms with Crippen molar-refractivity contribution in [3.8, 4) is 6.07 Å². The lowest BCUT2D eigenvalue weighted by molar-refractivity contribution is -0.144. The Kier molecular flexibility index (Phi) is 8.35. The van der Waals surface area contributed by atoms with Gasteiger partial charge in [-0.25, -0.2) is 0 Å². The standard InChI is InChI=1S/C27H35N3O2/c1-7-27(6,25(31)32)30-18-24-12-19(2)22(10-11-26(3,4)5)14-23(24)9-8-20-13-21(15-28)17-29-16-20/h10-14,16-17,30H,7-9,18H2,1-6H3,(H,31,32)/b11-10+. The van der Waals surface area contributed by atoms with Crippen LogP contribution < -0.4 is 5.32 Å². The number of carbonyl (C=O) groups is 1. The van der Waals surface area contributed by atoms with E-state index in [1.54, 1.807) is 19.3 Å². The van der Waals surface area contributed by atoms with Gasteiger partial charge in [0.15, 0.2) is 0 Å². The van der Waals surface area contributed by atoms with Gasteiger partial charge in [0.05, 0.1) is 5.56 Å². The molecule has 1 unspecified atom stereocenters. The monoisotopic (exact) mass is 433 g/mol. The van der Waals surface area contributed by atoms with Crippen LogP contribution in [0.3, 0.4) is 0 Å². The number of hydrogen-bond acceptors (Lipinski definition) is 4. The van der Waals surface area contributed by atoms with E-state index in [0.717, 1.165) is 29.5 Å². The van der Waals surface area contributed by atoms with Crippen molar-refractivity contribution in [3.63, 3.8) is 0 Å². The Bertz CT molecular complexity index is 1030. The molecule has 0 aliphatic rings. The van der Waals surface area contributed by atoms with Gasteiger partial charge in [-0.3, -0.25) is 15.1 Å². The highest BCUT2D eigenvalue weighted by atomic mass is 16.4. The topological polar surface area (TPSA) is 86.0 Å². The van der Waals surface area contributed by atoms with Gasteiger partial charge in [-0.05, 0) is 72.4 Å². The molecule has 0 aliphatic heterocycles. The van der Waals surface area contributed by atoms with Crippen molar-refractivity contribution in [2.24, 2.45) is 5.41 Å². The average Bonchev–Trinajstić information content (AvgIpc) is 2.75. The van der Waals surface area contributed by atoms with Crippen molar-refractivity contribution in [1.82, 2.24) is 10.3 Å². The summed E-state index contributed by atoms with van der Waals surface area (Å²) in [4.78, 5) is 15.9. The second-order valence-corrected chi connectivity index (χ2v) is 9.71. The minimum absolute atomic E-state index is 0.0840. The maximum absolute atomic E-state index is 11.7. The molecule has 5 heteroatoms. The zero-order valence-electron chi connectivity index (χ0n) is 20.1. The van der Waals surface area contributed by atoms with Crippen LogP contribution in [0.5, 0.6) is 0 Å². The molecule has 2 N–H and O–H groups in total. The first-order valence-electron chi connectivity index (χ1n) is 11.1. The molecule has 0 radical (unpaired) electrons. The van der Waals surface area contributed by atoms with Gasteiger partial charge in [-0.15, -0.1) is 0 Å². The molecular formula is C27H35N3O2. The zero-order chi connectivity index (χ0) is 23.9. The van der Waals surface area contributed by atoms with Crippen molar-refractivity contribution < 1.29 is 9.90 Å². The fourth-order valence-corrected chi connectivity index (χ4v) is 3.35. The molecule has 0 bridgehead atoms. The second kappa shape index (κ2) is 10.6. The first-order valence-corrected chi connectivity index (χ1v) is 11.1. The molecule has 0 aliphatic carbocycles. The molecule has 2 rings (SSSR count). The van der Waals surface area contributed by atoms with Crippen LogP contribution in [0, 0.1) is 23.7 Å². The zero-order valence-corrected chi connectivity index (χ0v) is 20.1. The van der Waals surface area contributed by atoms with Crippen molar-refractivity contribution in [1.29, 1.82) is 5.26 Å². The molecule has 32 heavy (non-hydrogen) atoms. The number of rotatable bonds is 9. The number of benzene rings is 1. The molecule has 0 saturated heterocycles. The molecule has 0 amide bonds. The number of aliphatic carboxylic acids is 1. The van der Waals surface area contributed by atoms with E-state index in [9.17, 15) is 9.90 Å². The van der Waals surface area contributed by atoms with Crippen LogP contribution in [-0.2, 0) is 24.2 Å². The summed E-state index contributed by atoms with van der Waals surface area (Å²) in [5.74, 6) is -0.845. The van der Waals surface area contributed by atoms with Gasteiger partial charge >= 0.3 is 5.97 Å². The van der Waals surface area contributed by atoms with Crippen LogP contribution in [0.4, 0.5) is 0 Å². The third-order valence-electron chi connectivity index (χ3n) is 5.81. The second-order valence-electron chi connectivity index (χ2n) is 9.71. The molecule has 1 aromatic heterocycles. The summed E-state index contributed by atoms with van der Waals surface area (Å²) in [6.45, 7) is 12.7. The Labute approximate surface area is 192 Å². The van der Waals surface area contributed by atoms with Crippen LogP contribution in [0.15, 0.2) is 36.7 Å². The molecule has 2 aromatic rings. The number of hydrogen-bond donors (Lipinski definition) is 2. The predicted molar refractivity (Wildman–Crippen MR) is 129 cm³/mol. The van der Waals surface area contributed by atoms with E-state index in [-0.39, 0.29) is 5.41 Å². The normalized spacial score (nSPS) is 13.7. The minimum atomic E-state index is -0.971. The Morgan fingerprint density at radius 1 is 1.16 bits per heavy atom. The Balaban J connectivity index is 2.37. The van der Waals surface area contributed by atoms with Crippen LogP contribution in [0.25, 0.3) is 6.08 Å². The number of pyridine rings is 1. The summed E-state index contributed by atoms with van der Waals surface area (Å²) in [6.07, 6.45) is 9.77. The number of carboxylic acid groups (broad SMARTS) is 1. The molecule has 0 fully saturated rings. The molecule has 1 heterocycles. The van der Waals surface area contributed by atoms with E-state index >= 15 is 0 Å². The highest BCUT2D eigenvalue weighted by molar-refractivity contribution is 5.78. The number of nitriles is 1. The van der Waals surface area contributed by atoms with Crippen LogP contribution >= 0.6 is 0 Å². The number of nitrogens with one attached hydrogen (secondary N) is 1. The Morgan fingerprint density at radius 3 is 2.47 bits per heavy atom. The van der Waals surface area contributed by atoms with E-state index in [4.69, 9.17) is 5.26 Å². The summed E-state index contributed by atoms with van der Waals surface area (Å²) in [7, 11) is 0. The molecule has 1 aromatic carbocycles. The number of allylic oxidation sites excluding steroid dienone is 1. The lowest BCUT2D eigenvalue weighted by Crippen LogP contribution is -2.48. The first kappa shape index (κ1) is 25.3. The molecule has 1 atom stereocenters. The number of nitrogens with zero attached hydrogens (tertiary/aromatic N) is 2.